The Hall–Kier alpha value is -0.640. The number of halogens is 2. The zero-order valence-electron chi connectivity index (χ0n) is 8.42. The van der Waals surface area contributed by atoms with Crippen molar-refractivity contribution in [1.82, 2.24) is 4.90 Å². The molecule has 0 radical (unpaired) electrons. The molecule has 0 saturated carbocycles. The summed E-state index contributed by atoms with van der Waals surface area (Å²) in [4.78, 5) is 2.26. The molecule has 1 heterocycles. The maximum Gasteiger partial charge on any atom is 0.141 e. The van der Waals surface area contributed by atoms with E-state index in [0.717, 1.165) is 31.6 Å². The number of nitrogens with two attached hydrogens (primary N) is 1. The monoisotopic (exact) mass is 228 g/mol. The lowest BCUT2D eigenvalue weighted by molar-refractivity contribution is 0.327. The molecular weight excluding hydrogens is 215 g/mol. The van der Waals surface area contributed by atoms with E-state index in [0.29, 0.717) is 0 Å². The van der Waals surface area contributed by atoms with Crippen LogP contribution in [-0.4, -0.2) is 24.0 Å². The molecule has 1 fully saturated rings. The zero-order valence-corrected chi connectivity index (χ0v) is 9.17. The summed E-state index contributed by atoms with van der Waals surface area (Å²) in [5, 5.41) is 0.191. The molecule has 1 unspecified atom stereocenters. The average molecular weight is 229 g/mol. The van der Waals surface area contributed by atoms with Gasteiger partial charge in [0.2, 0.25) is 0 Å². The highest BCUT2D eigenvalue weighted by molar-refractivity contribution is 6.30. The summed E-state index contributed by atoms with van der Waals surface area (Å²) in [6.07, 6.45) is 1.04. The number of hydrogen-bond acceptors (Lipinski definition) is 2. The summed E-state index contributed by atoms with van der Waals surface area (Å²) in [6.45, 7) is 2.72. The maximum absolute atomic E-state index is 12.9. The van der Waals surface area contributed by atoms with Crippen molar-refractivity contribution in [3.8, 4) is 0 Å². The van der Waals surface area contributed by atoms with Crippen molar-refractivity contribution in [1.29, 1.82) is 0 Å². The maximum atomic E-state index is 12.9. The molecule has 15 heavy (non-hydrogen) atoms. The first kappa shape index (κ1) is 10.9. The van der Waals surface area contributed by atoms with Gasteiger partial charge in [0.05, 0.1) is 5.02 Å². The summed E-state index contributed by atoms with van der Waals surface area (Å²) in [5.41, 5.74) is 6.84. The molecule has 0 aromatic heterocycles. The number of hydrogen-bond donors (Lipinski definition) is 1. The van der Waals surface area contributed by atoms with E-state index in [1.807, 2.05) is 0 Å². The van der Waals surface area contributed by atoms with E-state index in [1.165, 1.54) is 6.07 Å². The fourth-order valence-electron chi connectivity index (χ4n) is 1.90. The Kier molecular flexibility index (Phi) is 3.24. The summed E-state index contributed by atoms with van der Waals surface area (Å²) in [6, 6.07) is 5.14. The van der Waals surface area contributed by atoms with Gasteiger partial charge < -0.3 is 5.73 Å². The van der Waals surface area contributed by atoms with Gasteiger partial charge in [0.15, 0.2) is 0 Å². The second-order valence-electron chi connectivity index (χ2n) is 4.03. The van der Waals surface area contributed by atoms with Crippen molar-refractivity contribution in [3.63, 3.8) is 0 Å². The normalized spacial score (nSPS) is 22.2. The summed E-state index contributed by atoms with van der Waals surface area (Å²) in [7, 11) is 0. The molecule has 0 spiro atoms. The number of benzene rings is 1. The van der Waals surface area contributed by atoms with Crippen LogP contribution in [0.2, 0.25) is 5.02 Å². The third kappa shape index (κ3) is 2.68. The number of nitrogens with zero attached hydrogens (tertiary/aromatic N) is 1. The smallest absolute Gasteiger partial charge is 0.141 e. The Labute approximate surface area is 93.8 Å². The molecule has 1 aromatic rings. The van der Waals surface area contributed by atoms with Gasteiger partial charge in [-0.15, -0.1) is 0 Å². The Morgan fingerprint density at radius 3 is 2.93 bits per heavy atom. The van der Waals surface area contributed by atoms with Crippen LogP contribution >= 0.6 is 11.6 Å². The van der Waals surface area contributed by atoms with Crippen molar-refractivity contribution in [3.05, 3.63) is 34.6 Å². The first-order chi connectivity index (χ1) is 7.15. The molecule has 0 amide bonds. The predicted molar refractivity (Wildman–Crippen MR) is 59.3 cm³/mol. The van der Waals surface area contributed by atoms with Gasteiger partial charge >= 0.3 is 0 Å². The Bertz CT molecular complexity index is 356. The lowest BCUT2D eigenvalue weighted by Gasteiger charge is -2.15. The topological polar surface area (TPSA) is 29.3 Å². The first-order valence-corrected chi connectivity index (χ1v) is 5.45. The van der Waals surface area contributed by atoms with Crippen LogP contribution in [0.4, 0.5) is 4.39 Å². The lowest BCUT2D eigenvalue weighted by atomic mass is 10.2. The van der Waals surface area contributed by atoms with Crippen molar-refractivity contribution in [2.24, 2.45) is 5.73 Å². The zero-order chi connectivity index (χ0) is 10.8. The van der Waals surface area contributed by atoms with Crippen molar-refractivity contribution in [2.45, 2.75) is 19.0 Å². The molecule has 2 nitrogen and oxygen atoms in total. The van der Waals surface area contributed by atoms with Gasteiger partial charge in [-0.1, -0.05) is 17.7 Å². The van der Waals surface area contributed by atoms with Crippen LogP contribution in [0.3, 0.4) is 0 Å². The fourth-order valence-corrected chi connectivity index (χ4v) is 2.11. The van der Waals surface area contributed by atoms with Crippen molar-refractivity contribution in [2.75, 3.05) is 13.1 Å². The standard InChI is InChI=1S/C11H14ClFN2/c12-10-5-8(1-2-11(10)13)6-15-4-3-9(14)7-15/h1-2,5,9H,3-4,6-7,14H2. The van der Waals surface area contributed by atoms with Gasteiger partial charge in [-0.05, 0) is 24.1 Å². The van der Waals surface area contributed by atoms with Crippen LogP contribution in [0.1, 0.15) is 12.0 Å². The molecule has 1 atom stereocenters. The molecular formula is C11H14ClFN2. The van der Waals surface area contributed by atoms with Gasteiger partial charge in [-0.2, -0.15) is 0 Å². The highest BCUT2D eigenvalue weighted by atomic mass is 35.5. The first-order valence-electron chi connectivity index (χ1n) is 5.07. The minimum absolute atomic E-state index is 0.191. The minimum Gasteiger partial charge on any atom is -0.326 e. The van der Waals surface area contributed by atoms with Crippen LogP contribution in [0.25, 0.3) is 0 Å². The van der Waals surface area contributed by atoms with E-state index in [-0.39, 0.29) is 16.9 Å². The van der Waals surface area contributed by atoms with E-state index in [9.17, 15) is 4.39 Å². The second-order valence-corrected chi connectivity index (χ2v) is 4.44. The number of likely N-dealkylation sites (tertiary alicyclic amines) is 1. The highest BCUT2D eigenvalue weighted by Crippen LogP contribution is 2.18. The molecule has 2 N–H and O–H groups in total. The SMILES string of the molecule is NC1CCN(Cc2ccc(F)c(Cl)c2)C1. The van der Waals surface area contributed by atoms with Crippen LogP contribution in [0.5, 0.6) is 0 Å². The largest absolute Gasteiger partial charge is 0.326 e. The fraction of sp³-hybridized carbons (Fsp3) is 0.455. The molecule has 0 aliphatic carbocycles. The average Bonchev–Trinajstić information content (AvgIpc) is 2.58. The molecule has 1 aliphatic rings. The third-order valence-electron chi connectivity index (χ3n) is 2.70. The molecule has 4 heteroatoms. The van der Waals surface area contributed by atoms with E-state index in [1.54, 1.807) is 12.1 Å². The molecule has 82 valence electrons. The third-order valence-corrected chi connectivity index (χ3v) is 2.99. The van der Waals surface area contributed by atoms with E-state index in [2.05, 4.69) is 4.90 Å². The Balaban J connectivity index is 2.02. The van der Waals surface area contributed by atoms with Crippen LogP contribution in [0, 0.1) is 5.82 Å². The Morgan fingerprint density at radius 2 is 2.33 bits per heavy atom. The summed E-state index contributed by atoms with van der Waals surface area (Å²) in [5.74, 6) is -0.362. The van der Waals surface area contributed by atoms with E-state index < -0.39 is 0 Å². The van der Waals surface area contributed by atoms with Crippen LogP contribution in [0.15, 0.2) is 18.2 Å². The van der Waals surface area contributed by atoms with Gasteiger partial charge in [-0.3, -0.25) is 4.90 Å². The summed E-state index contributed by atoms with van der Waals surface area (Å²) >= 11 is 5.71. The minimum atomic E-state index is -0.362. The molecule has 2 rings (SSSR count). The van der Waals surface area contributed by atoms with E-state index in [4.69, 9.17) is 17.3 Å². The predicted octanol–water partition coefficient (Wildman–Crippen LogP) is 2.01. The van der Waals surface area contributed by atoms with E-state index >= 15 is 0 Å². The molecule has 0 bridgehead atoms. The van der Waals surface area contributed by atoms with Crippen LogP contribution < -0.4 is 5.73 Å². The highest BCUT2D eigenvalue weighted by Gasteiger charge is 2.18. The van der Waals surface area contributed by atoms with Crippen molar-refractivity contribution >= 4 is 11.6 Å². The lowest BCUT2D eigenvalue weighted by Crippen LogP contribution is -2.26. The number of rotatable bonds is 2. The summed E-state index contributed by atoms with van der Waals surface area (Å²) < 4.78 is 12.9. The van der Waals surface area contributed by atoms with Crippen LogP contribution in [-0.2, 0) is 6.54 Å². The van der Waals surface area contributed by atoms with Crippen molar-refractivity contribution < 1.29 is 4.39 Å². The molecule has 1 saturated heterocycles. The van der Waals surface area contributed by atoms with Gasteiger partial charge in [0.1, 0.15) is 5.82 Å². The molecule has 1 aromatic carbocycles. The van der Waals surface area contributed by atoms with Gasteiger partial charge in [0.25, 0.3) is 0 Å². The molecule has 1 aliphatic heterocycles. The van der Waals surface area contributed by atoms with Gasteiger partial charge in [0, 0.05) is 25.7 Å². The van der Waals surface area contributed by atoms with Gasteiger partial charge in [-0.25, -0.2) is 4.39 Å². The Morgan fingerprint density at radius 1 is 1.53 bits per heavy atom. The quantitative estimate of drug-likeness (QED) is 0.839. The second kappa shape index (κ2) is 4.47.